The van der Waals surface area contributed by atoms with Crippen molar-refractivity contribution in [1.29, 1.82) is 0 Å². The number of likely N-dealkylation sites (N-methyl/N-ethyl adjacent to an activating group) is 1. The summed E-state index contributed by atoms with van der Waals surface area (Å²) in [5.74, 6) is -1.63. The molecule has 0 saturated carbocycles. The lowest BCUT2D eigenvalue weighted by atomic mass is 9.93. The van der Waals surface area contributed by atoms with E-state index in [1.807, 2.05) is 6.07 Å². The second-order valence-electron chi connectivity index (χ2n) is 12.2. The minimum Gasteiger partial charge on any atom is -0.492 e. The molecule has 15 nitrogen and oxygen atoms in total. The zero-order valence-electron chi connectivity index (χ0n) is 29.2. The Bertz CT molecular complexity index is 1620. The summed E-state index contributed by atoms with van der Waals surface area (Å²) < 4.78 is 40.1. The summed E-state index contributed by atoms with van der Waals surface area (Å²) in [5, 5.41) is 5.42. The SMILES string of the molecule is CCCS(=O)(=O)N[C@@H](CCCN)C(=O)N(C)[C@@H]1C(=O)N[C@@H](C)C(=O)N[C@H](C(C)=O)Cc2ccc(OCCN)c(c2)-c2cc1ccc2OCCN. The van der Waals surface area contributed by atoms with Crippen LogP contribution in [0.2, 0.25) is 0 Å². The Hall–Kier alpha value is -4.09. The van der Waals surface area contributed by atoms with E-state index < -0.39 is 51.9 Å². The number of benzene rings is 2. The van der Waals surface area contributed by atoms with Gasteiger partial charge in [0.2, 0.25) is 27.7 Å². The third kappa shape index (κ3) is 10.7. The molecule has 3 amide bonds. The van der Waals surface area contributed by atoms with E-state index in [1.165, 1.54) is 20.9 Å². The fourth-order valence-corrected chi connectivity index (χ4v) is 6.95. The van der Waals surface area contributed by atoms with Crippen molar-refractivity contribution >= 4 is 33.5 Å². The van der Waals surface area contributed by atoms with Crippen molar-refractivity contribution in [3.8, 4) is 22.6 Å². The maximum Gasteiger partial charge on any atom is 0.248 e. The molecule has 0 aliphatic carbocycles. The average molecular weight is 718 g/mol. The molecule has 276 valence electrons. The lowest BCUT2D eigenvalue weighted by Crippen LogP contribution is -2.54. The normalized spacial score (nSPS) is 18.7. The van der Waals surface area contributed by atoms with Crippen LogP contribution in [0.4, 0.5) is 0 Å². The van der Waals surface area contributed by atoms with Gasteiger partial charge in [0.25, 0.3) is 0 Å². The zero-order chi connectivity index (χ0) is 37.0. The molecule has 0 fully saturated rings. The topological polar surface area (TPSA) is 238 Å². The lowest BCUT2D eigenvalue weighted by Gasteiger charge is -2.32. The Morgan fingerprint density at radius 3 is 2.16 bits per heavy atom. The molecule has 2 aromatic carbocycles. The number of nitrogens with two attached hydrogens (primary N) is 3. The van der Waals surface area contributed by atoms with E-state index in [1.54, 1.807) is 37.3 Å². The van der Waals surface area contributed by atoms with Crippen molar-refractivity contribution in [2.45, 2.75) is 70.6 Å². The lowest BCUT2D eigenvalue weighted by molar-refractivity contribution is -0.141. The van der Waals surface area contributed by atoms with Gasteiger partial charge in [-0.3, -0.25) is 19.2 Å². The first-order chi connectivity index (χ1) is 23.8. The molecular formula is C34H51N7O8S. The third-order valence-electron chi connectivity index (χ3n) is 8.18. The largest absolute Gasteiger partial charge is 0.492 e. The van der Waals surface area contributed by atoms with Crippen molar-refractivity contribution in [2.75, 3.05) is 45.6 Å². The van der Waals surface area contributed by atoms with Crippen molar-refractivity contribution in [3.05, 3.63) is 47.5 Å². The Balaban J connectivity index is 2.29. The van der Waals surface area contributed by atoms with E-state index in [0.29, 0.717) is 46.6 Å². The number of carbonyl (C=O) groups excluding carboxylic acids is 4. The molecule has 3 rings (SSSR count). The molecule has 4 atom stereocenters. The molecule has 0 saturated heterocycles. The number of hydrogen-bond acceptors (Lipinski definition) is 11. The van der Waals surface area contributed by atoms with Crippen LogP contribution in [0.25, 0.3) is 11.1 Å². The fourth-order valence-electron chi connectivity index (χ4n) is 5.64. The molecule has 2 aromatic rings. The van der Waals surface area contributed by atoms with Crippen LogP contribution in [0.3, 0.4) is 0 Å². The molecule has 0 spiro atoms. The predicted octanol–water partition coefficient (Wildman–Crippen LogP) is 0.0996. The second-order valence-corrected chi connectivity index (χ2v) is 14.1. The van der Waals surface area contributed by atoms with Gasteiger partial charge in [-0.15, -0.1) is 0 Å². The minimum atomic E-state index is -3.83. The van der Waals surface area contributed by atoms with E-state index in [9.17, 15) is 27.6 Å². The molecule has 1 heterocycles. The van der Waals surface area contributed by atoms with Gasteiger partial charge in [0.05, 0.1) is 11.8 Å². The van der Waals surface area contributed by atoms with Crippen molar-refractivity contribution in [1.82, 2.24) is 20.3 Å². The molecule has 50 heavy (non-hydrogen) atoms. The van der Waals surface area contributed by atoms with Crippen LogP contribution in [0.15, 0.2) is 36.4 Å². The highest BCUT2D eigenvalue weighted by Crippen LogP contribution is 2.40. The van der Waals surface area contributed by atoms with Crippen LogP contribution in [-0.2, 0) is 35.6 Å². The number of nitrogens with one attached hydrogen (secondary N) is 3. The summed E-state index contributed by atoms with van der Waals surface area (Å²) in [4.78, 5) is 55.5. The van der Waals surface area contributed by atoms with Gasteiger partial charge in [0, 0.05) is 31.3 Å². The molecule has 0 radical (unpaired) electrons. The van der Waals surface area contributed by atoms with Crippen molar-refractivity contribution in [3.63, 3.8) is 0 Å². The molecule has 4 bridgehead atoms. The molecule has 0 unspecified atom stereocenters. The average Bonchev–Trinajstić information content (AvgIpc) is 3.07. The van der Waals surface area contributed by atoms with Gasteiger partial charge in [0.15, 0.2) is 5.78 Å². The Labute approximate surface area is 294 Å². The zero-order valence-corrected chi connectivity index (χ0v) is 30.0. The summed E-state index contributed by atoms with van der Waals surface area (Å²) in [7, 11) is -2.44. The molecule has 16 heteroatoms. The first kappa shape index (κ1) is 40.3. The van der Waals surface area contributed by atoms with E-state index in [0.717, 1.165) is 4.90 Å². The number of Topliss-reactive ketones (excluding diaryl/α,β-unsaturated/α-hetero) is 1. The third-order valence-corrected chi connectivity index (χ3v) is 9.77. The van der Waals surface area contributed by atoms with Gasteiger partial charge < -0.3 is 42.2 Å². The summed E-state index contributed by atoms with van der Waals surface area (Å²) in [6, 6.07) is 5.71. The van der Waals surface area contributed by atoms with Crippen LogP contribution in [0.1, 0.15) is 57.2 Å². The van der Waals surface area contributed by atoms with Crippen LogP contribution in [0, 0.1) is 0 Å². The maximum atomic E-state index is 14.2. The molecular weight excluding hydrogens is 666 g/mol. The van der Waals surface area contributed by atoms with E-state index >= 15 is 0 Å². The highest BCUT2D eigenvalue weighted by atomic mass is 32.2. The van der Waals surface area contributed by atoms with Gasteiger partial charge in [-0.05, 0) is 81.5 Å². The number of sulfonamides is 1. The molecule has 1 aliphatic rings. The van der Waals surface area contributed by atoms with Crippen molar-refractivity contribution in [2.24, 2.45) is 17.2 Å². The predicted molar refractivity (Wildman–Crippen MR) is 190 cm³/mol. The summed E-state index contributed by atoms with van der Waals surface area (Å²) in [6.07, 6.45) is 0.915. The first-order valence-electron chi connectivity index (χ1n) is 16.8. The number of ether oxygens (including phenoxy) is 2. The summed E-state index contributed by atoms with van der Waals surface area (Å²) in [6.45, 7) is 5.56. The Morgan fingerprint density at radius 2 is 1.58 bits per heavy atom. The summed E-state index contributed by atoms with van der Waals surface area (Å²) >= 11 is 0. The standard InChI is InChI=1S/C34H51N7O8S/c1-5-17-50(46,47)40-27(7-6-12-35)34(45)41(4)31-24-9-11-30(49-16-14-37)26(20-24)25-18-23(8-10-29(25)48-15-13-36)19-28(22(3)42)39-32(43)21(2)38-33(31)44/h8-11,18,20-21,27-28,31,40H,5-7,12-17,19,35-37H2,1-4H3,(H,38,44)(H,39,43)/t21-,27-,28-,31-/m0/s1. The van der Waals surface area contributed by atoms with Gasteiger partial charge in [0.1, 0.15) is 42.8 Å². The highest BCUT2D eigenvalue weighted by molar-refractivity contribution is 7.89. The van der Waals surface area contributed by atoms with Crippen LogP contribution in [-0.4, -0.2) is 101 Å². The van der Waals surface area contributed by atoms with E-state index in [-0.39, 0.29) is 57.2 Å². The number of carbonyl (C=O) groups is 4. The van der Waals surface area contributed by atoms with E-state index in [4.69, 9.17) is 26.7 Å². The minimum absolute atomic E-state index is 0.0912. The monoisotopic (exact) mass is 717 g/mol. The maximum absolute atomic E-state index is 14.2. The second kappa shape index (κ2) is 18.8. The quantitative estimate of drug-likeness (QED) is 0.136. The number of ketones is 1. The first-order valence-corrected chi connectivity index (χ1v) is 18.4. The Kier molecular flexibility index (Phi) is 15.1. The van der Waals surface area contributed by atoms with E-state index in [2.05, 4.69) is 15.4 Å². The fraction of sp³-hybridized carbons (Fsp3) is 0.529. The number of amides is 3. The molecule has 9 N–H and O–H groups in total. The van der Waals surface area contributed by atoms with Gasteiger partial charge >= 0.3 is 0 Å². The summed E-state index contributed by atoms with van der Waals surface area (Å²) in [5.41, 5.74) is 19.3. The number of hydrogen-bond donors (Lipinski definition) is 6. The smallest absolute Gasteiger partial charge is 0.248 e. The number of fused-ring (bicyclic) bond motifs is 5. The Morgan fingerprint density at radius 1 is 0.960 bits per heavy atom. The number of nitrogens with zero attached hydrogens (tertiary/aromatic N) is 1. The van der Waals surface area contributed by atoms with Crippen LogP contribution in [0.5, 0.6) is 11.5 Å². The van der Waals surface area contributed by atoms with Gasteiger partial charge in [-0.2, -0.15) is 0 Å². The molecule has 0 aromatic heterocycles. The van der Waals surface area contributed by atoms with Gasteiger partial charge in [-0.1, -0.05) is 19.1 Å². The van der Waals surface area contributed by atoms with Crippen LogP contribution >= 0.6 is 0 Å². The molecule has 1 aliphatic heterocycles. The van der Waals surface area contributed by atoms with Crippen molar-refractivity contribution < 1.29 is 37.1 Å². The van der Waals surface area contributed by atoms with Gasteiger partial charge in [-0.25, -0.2) is 13.1 Å². The number of rotatable bonds is 16. The van der Waals surface area contributed by atoms with Crippen LogP contribution < -0.4 is 42.0 Å². The highest BCUT2D eigenvalue weighted by Gasteiger charge is 2.36.